The summed E-state index contributed by atoms with van der Waals surface area (Å²) in [5.41, 5.74) is 2.90. The van der Waals surface area contributed by atoms with E-state index in [0.717, 1.165) is 34.9 Å². The van der Waals surface area contributed by atoms with Gasteiger partial charge in [0.2, 0.25) is 0 Å². The van der Waals surface area contributed by atoms with Crippen LogP contribution >= 0.6 is 11.8 Å². The summed E-state index contributed by atoms with van der Waals surface area (Å²) in [6.45, 7) is 6.77. The minimum absolute atomic E-state index is 0.210. The zero-order valence-corrected chi connectivity index (χ0v) is 15.2. The van der Waals surface area contributed by atoms with Crippen LogP contribution in [0.2, 0.25) is 0 Å². The number of hydrogen-bond acceptors (Lipinski definition) is 2. The van der Waals surface area contributed by atoms with E-state index in [1.807, 2.05) is 36.2 Å². The molecule has 0 aliphatic rings. The second-order valence-electron chi connectivity index (χ2n) is 6.31. The van der Waals surface area contributed by atoms with Crippen molar-refractivity contribution in [2.24, 2.45) is 0 Å². The number of nitrogens with zero attached hydrogens (tertiary/aromatic N) is 1. The fraction of sp³-hybridized carbons (Fsp3) is 0.286. The Bertz CT molecular complexity index is 855. The van der Waals surface area contributed by atoms with Crippen molar-refractivity contribution >= 4 is 22.7 Å². The van der Waals surface area contributed by atoms with Gasteiger partial charge in [0.05, 0.1) is 5.52 Å². The highest BCUT2D eigenvalue weighted by Crippen LogP contribution is 2.41. The molecule has 0 bridgehead atoms. The number of thioether (sulfide) groups is 1. The Morgan fingerprint density at radius 3 is 2.46 bits per heavy atom. The standard InChI is InChI=1S/C21H22FNS/c1-4-21(3,5-2)24-20-11-12-23-19-10-9-16(14-18(19)20)15-7-6-8-17(22)13-15/h6-14H,4-5H2,1-3H3. The lowest BCUT2D eigenvalue weighted by molar-refractivity contribution is 0.600. The molecule has 0 atom stereocenters. The Morgan fingerprint density at radius 1 is 1.00 bits per heavy atom. The van der Waals surface area contributed by atoms with Gasteiger partial charge in [-0.15, -0.1) is 11.8 Å². The summed E-state index contributed by atoms with van der Waals surface area (Å²) in [6, 6.07) is 15.0. The maximum Gasteiger partial charge on any atom is 0.123 e. The highest BCUT2D eigenvalue weighted by atomic mass is 32.2. The van der Waals surface area contributed by atoms with Crippen LogP contribution in [0.15, 0.2) is 59.6 Å². The van der Waals surface area contributed by atoms with Gasteiger partial charge >= 0.3 is 0 Å². The lowest BCUT2D eigenvalue weighted by atomic mass is 10.0. The Morgan fingerprint density at radius 2 is 1.75 bits per heavy atom. The molecule has 0 aliphatic heterocycles. The van der Waals surface area contributed by atoms with Crippen LogP contribution in [0, 0.1) is 5.82 Å². The minimum atomic E-state index is -0.210. The van der Waals surface area contributed by atoms with Gasteiger partial charge < -0.3 is 0 Å². The predicted octanol–water partition coefficient (Wildman–Crippen LogP) is 6.71. The smallest absolute Gasteiger partial charge is 0.123 e. The van der Waals surface area contributed by atoms with Crippen molar-refractivity contribution in [1.82, 2.24) is 4.98 Å². The summed E-state index contributed by atoms with van der Waals surface area (Å²) in [5, 5.41) is 1.14. The summed E-state index contributed by atoms with van der Waals surface area (Å²) in [4.78, 5) is 5.73. The number of rotatable bonds is 5. The van der Waals surface area contributed by atoms with E-state index in [4.69, 9.17) is 0 Å². The molecule has 24 heavy (non-hydrogen) atoms. The molecular formula is C21H22FNS. The average Bonchev–Trinajstić information content (AvgIpc) is 2.61. The third kappa shape index (κ3) is 3.46. The van der Waals surface area contributed by atoms with Crippen molar-refractivity contribution in [1.29, 1.82) is 0 Å². The molecule has 3 aromatic rings. The molecule has 124 valence electrons. The van der Waals surface area contributed by atoms with E-state index in [9.17, 15) is 4.39 Å². The molecule has 0 saturated heterocycles. The lowest BCUT2D eigenvalue weighted by Crippen LogP contribution is -2.16. The number of aromatic nitrogens is 1. The molecule has 2 aromatic carbocycles. The molecule has 3 rings (SSSR count). The van der Waals surface area contributed by atoms with Crippen molar-refractivity contribution < 1.29 is 4.39 Å². The van der Waals surface area contributed by atoms with Gasteiger partial charge in [-0.05, 0) is 54.3 Å². The van der Waals surface area contributed by atoms with Crippen LogP contribution in [-0.4, -0.2) is 9.73 Å². The van der Waals surface area contributed by atoms with Crippen LogP contribution in [-0.2, 0) is 0 Å². The molecule has 0 radical (unpaired) electrons. The summed E-state index contributed by atoms with van der Waals surface area (Å²) < 4.78 is 13.8. The molecule has 1 heterocycles. The average molecular weight is 339 g/mol. The van der Waals surface area contributed by atoms with E-state index in [0.29, 0.717) is 0 Å². The van der Waals surface area contributed by atoms with Gasteiger partial charge in [-0.2, -0.15) is 0 Å². The first kappa shape index (κ1) is 17.0. The highest BCUT2D eigenvalue weighted by molar-refractivity contribution is 8.00. The van der Waals surface area contributed by atoms with Crippen LogP contribution in [0.3, 0.4) is 0 Å². The van der Waals surface area contributed by atoms with Gasteiger partial charge in [-0.1, -0.05) is 39.0 Å². The predicted molar refractivity (Wildman–Crippen MR) is 102 cm³/mol. The maximum atomic E-state index is 13.5. The van der Waals surface area contributed by atoms with Crippen LogP contribution in [0.1, 0.15) is 33.6 Å². The topological polar surface area (TPSA) is 12.9 Å². The molecule has 0 aliphatic carbocycles. The number of fused-ring (bicyclic) bond motifs is 1. The third-order valence-corrected chi connectivity index (χ3v) is 6.36. The van der Waals surface area contributed by atoms with Gasteiger partial charge in [0.25, 0.3) is 0 Å². The fourth-order valence-electron chi connectivity index (χ4n) is 2.72. The van der Waals surface area contributed by atoms with Gasteiger partial charge in [0.15, 0.2) is 0 Å². The van der Waals surface area contributed by atoms with E-state index < -0.39 is 0 Å². The van der Waals surface area contributed by atoms with Crippen LogP contribution in [0.25, 0.3) is 22.0 Å². The van der Waals surface area contributed by atoms with E-state index in [1.54, 1.807) is 12.1 Å². The third-order valence-electron chi connectivity index (χ3n) is 4.71. The Labute approximate surface area is 147 Å². The van der Waals surface area contributed by atoms with E-state index in [2.05, 4.69) is 37.9 Å². The number of benzene rings is 2. The fourth-order valence-corrected chi connectivity index (χ4v) is 3.94. The van der Waals surface area contributed by atoms with Crippen LogP contribution in [0.5, 0.6) is 0 Å². The van der Waals surface area contributed by atoms with Crippen molar-refractivity contribution in [2.75, 3.05) is 0 Å². The maximum absolute atomic E-state index is 13.5. The second-order valence-corrected chi connectivity index (χ2v) is 7.94. The highest BCUT2D eigenvalue weighted by Gasteiger charge is 2.22. The summed E-state index contributed by atoms with van der Waals surface area (Å²) in [7, 11) is 0. The molecule has 1 aromatic heterocycles. The lowest BCUT2D eigenvalue weighted by Gasteiger charge is -2.26. The zero-order chi connectivity index (χ0) is 17.2. The van der Waals surface area contributed by atoms with Crippen LogP contribution < -0.4 is 0 Å². The molecule has 0 N–H and O–H groups in total. The number of halogens is 1. The molecular weight excluding hydrogens is 317 g/mol. The Balaban J connectivity index is 2.09. The van der Waals surface area contributed by atoms with Crippen molar-refractivity contribution in [3.63, 3.8) is 0 Å². The van der Waals surface area contributed by atoms with Crippen LogP contribution in [0.4, 0.5) is 4.39 Å². The van der Waals surface area contributed by atoms with Crippen molar-refractivity contribution in [3.8, 4) is 11.1 Å². The van der Waals surface area contributed by atoms with Gasteiger partial charge in [0.1, 0.15) is 5.82 Å². The molecule has 1 nitrogen and oxygen atoms in total. The molecule has 3 heteroatoms. The van der Waals surface area contributed by atoms with Crippen molar-refractivity contribution in [3.05, 3.63) is 60.5 Å². The zero-order valence-electron chi connectivity index (χ0n) is 14.3. The summed E-state index contributed by atoms with van der Waals surface area (Å²) in [6.07, 6.45) is 4.10. The Hall–Kier alpha value is -1.87. The molecule has 0 fully saturated rings. The SMILES string of the molecule is CCC(C)(CC)Sc1ccnc2ccc(-c3cccc(F)c3)cc12. The molecule has 0 unspecified atom stereocenters. The first-order chi connectivity index (χ1) is 11.5. The first-order valence-electron chi connectivity index (χ1n) is 8.38. The molecule has 0 spiro atoms. The van der Waals surface area contributed by atoms with E-state index >= 15 is 0 Å². The summed E-state index contributed by atoms with van der Waals surface area (Å²) in [5.74, 6) is -0.210. The van der Waals surface area contributed by atoms with Gasteiger partial charge in [-0.3, -0.25) is 4.98 Å². The normalized spacial score (nSPS) is 11.8. The van der Waals surface area contributed by atoms with Gasteiger partial charge in [0, 0.05) is 21.2 Å². The quantitative estimate of drug-likeness (QED) is 0.479. The second kappa shape index (κ2) is 6.94. The largest absolute Gasteiger partial charge is 0.256 e. The van der Waals surface area contributed by atoms with Crippen molar-refractivity contribution in [2.45, 2.75) is 43.3 Å². The molecule has 0 saturated carbocycles. The van der Waals surface area contributed by atoms with E-state index in [-0.39, 0.29) is 10.6 Å². The summed E-state index contributed by atoms with van der Waals surface area (Å²) >= 11 is 1.91. The monoisotopic (exact) mass is 339 g/mol. The first-order valence-corrected chi connectivity index (χ1v) is 9.20. The van der Waals surface area contributed by atoms with E-state index in [1.165, 1.54) is 11.0 Å². The Kier molecular flexibility index (Phi) is 4.91. The number of pyridine rings is 1. The molecule has 0 amide bonds. The van der Waals surface area contributed by atoms with Gasteiger partial charge in [-0.25, -0.2) is 4.39 Å². The number of hydrogen-bond donors (Lipinski definition) is 0. The minimum Gasteiger partial charge on any atom is -0.256 e.